The third-order valence-corrected chi connectivity index (χ3v) is 2.88. The third kappa shape index (κ3) is 3.49. The molecule has 16 heavy (non-hydrogen) atoms. The Morgan fingerprint density at radius 3 is 2.31 bits per heavy atom. The van der Waals surface area contributed by atoms with E-state index in [4.69, 9.17) is 4.52 Å². The van der Waals surface area contributed by atoms with Crippen molar-refractivity contribution in [3.8, 4) is 5.75 Å². The van der Waals surface area contributed by atoms with E-state index >= 15 is 0 Å². The molecule has 0 aliphatic carbocycles. The van der Waals surface area contributed by atoms with Crippen LogP contribution in [0.3, 0.4) is 0 Å². The first-order valence-electron chi connectivity index (χ1n) is 5.84. The molecule has 0 spiro atoms. The van der Waals surface area contributed by atoms with Crippen LogP contribution in [0.4, 0.5) is 0 Å². The molecule has 0 radical (unpaired) electrons. The number of hydrogen-bond acceptors (Lipinski definition) is 1. The minimum atomic E-state index is 0.124. The van der Waals surface area contributed by atoms with E-state index in [0.717, 1.165) is 12.2 Å². The molecule has 1 unspecified atom stereocenters. The predicted molar refractivity (Wildman–Crippen MR) is 74.0 cm³/mol. The molecular formula is C14H23OP. The molecule has 0 aliphatic heterocycles. The van der Waals surface area contributed by atoms with Gasteiger partial charge in [0.1, 0.15) is 5.75 Å². The van der Waals surface area contributed by atoms with E-state index in [0.29, 0.717) is 5.92 Å². The fourth-order valence-corrected chi connectivity index (χ4v) is 2.07. The quantitative estimate of drug-likeness (QED) is 0.711. The summed E-state index contributed by atoms with van der Waals surface area (Å²) in [5.74, 6) is 1.65. The lowest BCUT2D eigenvalue weighted by Crippen LogP contribution is -2.13. The van der Waals surface area contributed by atoms with Crippen LogP contribution in [0.1, 0.15) is 45.7 Å². The van der Waals surface area contributed by atoms with E-state index in [9.17, 15) is 0 Å². The van der Waals surface area contributed by atoms with Crippen LogP contribution < -0.4 is 4.52 Å². The maximum absolute atomic E-state index is 5.35. The lowest BCUT2D eigenvalue weighted by Gasteiger charge is -2.23. The Morgan fingerprint density at radius 1 is 1.25 bits per heavy atom. The van der Waals surface area contributed by atoms with Gasteiger partial charge in [0.2, 0.25) is 0 Å². The van der Waals surface area contributed by atoms with Gasteiger partial charge in [-0.1, -0.05) is 46.8 Å². The normalized spacial score (nSPS) is 11.9. The molecule has 0 saturated carbocycles. The first-order chi connectivity index (χ1) is 7.34. The Bertz CT molecular complexity index is 350. The standard InChI is InChI=1S/C14H23OP/c1-10(2)8-11-6-7-13(15-16)12(9-11)14(3,4)5/h6-7,9-10H,8,16H2,1-5H3. The van der Waals surface area contributed by atoms with Gasteiger partial charge in [0.25, 0.3) is 0 Å². The van der Waals surface area contributed by atoms with Crippen LogP contribution in [0.25, 0.3) is 0 Å². The minimum Gasteiger partial charge on any atom is -0.480 e. The van der Waals surface area contributed by atoms with Crippen molar-refractivity contribution in [3.05, 3.63) is 29.3 Å². The first-order valence-corrected chi connectivity index (χ1v) is 6.32. The molecule has 0 N–H and O–H groups in total. The highest BCUT2D eigenvalue weighted by molar-refractivity contribution is 7.10. The monoisotopic (exact) mass is 238 g/mol. The van der Waals surface area contributed by atoms with Crippen molar-refractivity contribution in [2.75, 3.05) is 0 Å². The van der Waals surface area contributed by atoms with Crippen molar-refractivity contribution in [1.82, 2.24) is 0 Å². The molecular weight excluding hydrogens is 215 g/mol. The van der Waals surface area contributed by atoms with Crippen LogP contribution in [0.2, 0.25) is 0 Å². The number of rotatable bonds is 3. The fraction of sp³-hybridized carbons (Fsp3) is 0.571. The zero-order valence-corrected chi connectivity index (χ0v) is 12.2. The molecule has 1 nitrogen and oxygen atoms in total. The van der Waals surface area contributed by atoms with E-state index in [1.54, 1.807) is 0 Å². The van der Waals surface area contributed by atoms with E-state index < -0.39 is 0 Å². The van der Waals surface area contributed by atoms with Gasteiger partial charge in [-0.25, -0.2) is 0 Å². The Morgan fingerprint density at radius 2 is 1.88 bits per heavy atom. The molecule has 0 amide bonds. The average Bonchev–Trinajstić information content (AvgIpc) is 2.15. The van der Waals surface area contributed by atoms with Crippen molar-refractivity contribution in [3.63, 3.8) is 0 Å². The second-order valence-electron chi connectivity index (χ2n) is 5.80. The van der Waals surface area contributed by atoms with Crippen molar-refractivity contribution >= 4 is 9.47 Å². The molecule has 0 saturated heterocycles. The molecule has 1 rings (SSSR count). The summed E-state index contributed by atoms with van der Waals surface area (Å²) in [4.78, 5) is 0. The highest BCUT2D eigenvalue weighted by atomic mass is 31.0. The van der Waals surface area contributed by atoms with Crippen LogP contribution in [0, 0.1) is 5.92 Å². The zero-order chi connectivity index (χ0) is 12.3. The van der Waals surface area contributed by atoms with Gasteiger partial charge in [-0.3, -0.25) is 0 Å². The van der Waals surface area contributed by atoms with Crippen LogP contribution in [0.15, 0.2) is 18.2 Å². The smallest absolute Gasteiger partial charge is 0.126 e. The topological polar surface area (TPSA) is 9.23 Å². The molecule has 0 aromatic heterocycles. The van der Waals surface area contributed by atoms with Crippen LogP contribution >= 0.6 is 9.47 Å². The van der Waals surface area contributed by atoms with Gasteiger partial charge < -0.3 is 4.52 Å². The molecule has 0 fully saturated rings. The summed E-state index contributed by atoms with van der Waals surface area (Å²) in [6.45, 7) is 11.1. The first kappa shape index (κ1) is 13.5. The molecule has 0 heterocycles. The van der Waals surface area contributed by atoms with E-state index in [2.05, 4.69) is 62.3 Å². The van der Waals surface area contributed by atoms with Crippen LogP contribution in [-0.4, -0.2) is 0 Å². The summed E-state index contributed by atoms with van der Waals surface area (Å²) in [6, 6.07) is 6.51. The van der Waals surface area contributed by atoms with Gasteiger partial charge in [0.05, 0.1) is 9.47 Å². The molecule has 1 atom stereocenters. The molecule has 90 valence electrons. The highest BCUT2D eigenvalue weighted by Gasteiger charge is 2.19. The summed E-state index contributed by atoms with van der Waals surface area (Å²) < 4.78 is 5.35. The maximum atomic E-state index is 5.35. The third-order valence-electron chi connectivity index (χ3n) is 2.62. The largest absolute Gasteiger partial charge is 0.480 e. The summed E-state index contributed by atoms with van der Waals surface area (Å²) in [5, 5.41) is 0. The molecule has 0 aliphatic rings. The van der Waals surface area contributed by atoms with E-state index in [-0.39, 0.29) is 5.41 Å². The van der Waals surface area contributed by atoms with Crippen molar-refractivity contribution in [2.45, 2.75) is 46.5 Å². The summed E-state index contributed by atoms with van der Waals surface area (Å²) in [5.41, 5.74) is 2.80. The van der Waals surface area contributed by atoms with Gasteiger partial charge in [0.15, 0.2) is 0 Å². The van der Waals surface area contributed by atoms with Crippen LogP contribution in [0.5, 0.6) is 5.75 Å². The summed E-state index contributed by atoms with van der Waals surface area (Å²) >= 11 is 0. The Labute approximate surface area is 102 Å². The maximum Gasteiger partial charge on any atom is 0.126 e. The average molecular weight is 238 g/mol. The van der Waals surface area contributed by atoms with Gasteiger partial charge >= 0.3 is 0 Å². The van der Waals surface area contributed by atoms with Gasteiger partial charge in [-0.05, 0) is 29.4 Å². The Balaban J connectivity index is 3.12. The lowest BCUT2D eigenvalue weighted by molar-refractivity contribution is 0.543. The van der Waals surface area contributed by atoms with Crippen molar-refractivity contribution in [1.29, 1.82) is 0 Å². The van der Waals surface area contributed by atoms with Crippen molar-refractivity contribution in [2.24, 2.45) is 5.92 Å². The van der Waals surface area contributed by atoms with Crippen molar-refractivity contribution < 1.29 is 4.52 Å². The highest BCUT2D eigenvalue weighted by Crippen LogP contribution is 2.33. The van der Waals surface area contributed by atoms with E-state index in [1.165, 1.54) is 11.1 Å². The second-order valence-corrected chi connectivity index (χ2v) is 6.03. The Kier molecular flexibility index (Phi) is 4.38. The SMILES string of the molecule is CC(C)Cc1ccc(OP)c(C(C)(C)C)c1. The van der Waals surface area contributed by atoms with Gasteiger partial charge in [-0.15, -0.1) is 0 Å². The fourth-order valence-electron chi connectivity index (χ4n) is 1.86. The predicted octanol–water partition coefficient (Wildman–Crippen LogP) is 4.35. The van der Waals surface area contributed by atoms with E-state index in [1.807, 2.05) is 0 Å². The summed E-state index contributed by atoms with van der Waals surface area (Å²) in [6.07, 6.45) is 1.13. The lowest BCUT2D eigenvalue weighted by atomic mass is 9.84. The molecule has 1 aromatic rings. The van der Waals surface area contributed by atoms with Crippen LogP contribution in [-0.2, 0) is 11.8 Å². The zero-order valence-electron chi connectivity index (χ0n) is 11.0. The molecule has 2 heteroatoms. The van der Waals surface area contributed by atoms with Gasteiger partial charge in [0, 0.05) is 5.56 Å². The Hall–Kier alpha value is -0.550. The minimum absolute atomic E-state index is 0.124. The molecule has 1 aromatic carbocycles. The number of hydrogen-bond donors (Lipinski definition) is 0. The number of benzene rings is 1. The summed E-state index contributed by atoms with van der Waals surface area (Å²) in [7, 11) is 2.34. The second kappa shape index (κ2) is 5.19. The van der Waals surface area contributed by atoms with Gasteiger partial charge in [-0.2, -0.15) is 0 Å². The molecule has 0 bridgehead atoms.